The normalized spacial score (nSPS) is 10.8. The van der Waals surface area contributed by atoms with Gasteiger partial charge in [0.15, 0.2) is 5.78 Å². The molecule has 0 aliphatic carbocycles. The first-order chi connectivity index (χ1) is 9.60. The van der Waals surface area contributed by atoms with E-state index >= 15 is 0 Å². The third kappa shape index (κ3) is 3.62. The zero-order valence-corrected chi connectivity index (χ0v) is 12.3. The molecular formula is C16H12Cl2O2. The summed E-state index contributed by atoms with van der Waals surface area (Å²) in [7, 11) is 1.56. The summed E-state index contributed by atoms with van der Waals surface area (Å²) in [6.07, 6.45) is 3.14. The molecule has 2 aromatic carbocycles. The molecule has 0 amide bonds. The molecule has 0 aliphatic heterocycles. The second-order valence-electron chi connectivity index (χ2n) is 4.10. The summed E-state index contributed by atoms with van der Waals surface area (Å²) in [4.78, 5) is 12.1. The van der Waals surface area contributed by atoms with Crippen molar-refractivity contribution in [2.75, 3.05) is 7.11 Å². The number of halogens is 2. The van der Waals surface area contributed by atoms with Gasteiger partial charge >= 0.3 is 0 Å². The van der Waals surface area contributed by atoms with Gasteiger partial charge in [0.2, 0.25) is 0 Å². The Bertz CT molecular complexity index is 663. The number of benzene rings is 2. The van der Waals surface area contributed by atoms with Gasteiger partial charge in [-0.25, -0.2) is 0 Å². The van der Waals surface area contributed by atoms with Gasteiger partial charge in [0.05, 0.1) is 7.11 Å². The molecule has 0 fully saturated rings. The number of carbonyl (C=O) groups excluding carboxylic acids is 1. The second kappa shape index (κ2) is 6.60. The van der Waals surface area contributed by atoms with Crippen LogP contribution in [0.2, 0.25) is 10.0 Å². The minimum absolute atomic E-state index is 0.116. The lowest BCUT2D eigenvalue weighted by molar-refractivity contribution is 0.104. The summed E-state index contributed by atoms with van der Waals surface area (Å²) in [6.45, 7) is 0. The number of hydrogen-bond acceptors (Lipinski definition) is 2. The SMILES string of the molecule is COc1cccc(C(=O)C=Cc2ccc(Cl)cc2Cl)c1. The van der Waals surface area contributed by atoms with E-state index in [1.807, 2.05) is 0 Å². The lowest BCUT2D eigenvalue weighted by Gasteiger charge is -2.01. The number of allylic oxidation sites excluding steroid dienone is 1. The molecule has 2 aromatic rings. The van der Waals surface area contributed by atoms with Gasteiger partial charge in [-0.15, -0.1) is 0 Å². The standard InChI is InChI=1S/C16H12Cl2O2/c1-20-14-4-2-3-12(9-14)16(19)8-6-11-5-7-13(17)10-15(11)18/h2-10H,1H3. The Hall–Kier alpha value is -1.77. The Kier molecular flexibility index (Phi) is 4.83. The molecule has 0 spiro atoms. The fraction of sp³-hybridized carbons (Fsp3) is 0.0625. The van der Waals surface area contributed by atoms with Crippen molar-refractivity contribution < 1.29 is 9.53 Å². The molecule has 0 unspecified atom stereocenters. The monoisotopic (exact) mass is 306 g/mol. The Morgan fingerprint density at radius 1 is 1.15 bits per heavy atom. The summed E-state index contributed by atoms with van der Waals surface area (Å²) >= 11 is 11.9. The number of ether oxygens (including phenoxy) is 1. The smallest absolute Gasteiger partial charge is 0.185 e. The molecule has 0 saturated carbocycles. The molecule has 0 saturated heterocycles. The lowest BCUT2D eigenvalue weighted by Crippen LogP contribution is -1.95. The molecule has 2 rings (SSSR count). The zero-order chi connectivity index (χ0) is 14.5. The summed E-state index contributed by atoms with van der Waals surface area (Å²) < 4.78 is 5.09. The third-order valence-electron chi connectivity index (χ3n) is 2.73. The number of carbonyl (C=O) groups is 1. The summed E-state index contributed by atoms with van der Waals surface area (Å²) in [6, 6.07) is 12.1. The average Bonchev–Trinajstić information content (AvgIpc) is 2.46. The van der Waals surface area contributed by atoms with Crippen LogP contribution in [0.1, 0.15) is 15.9 Å². The van der Waals surface area contributed by atoms with Gasteiger partial charge in [-0.2, -0.15) is 0 Å². The van der Waals surface area contributed by atoms with Gasteiger partial charge in [0.25, 0.3) is 0 Å². The summed E-state index contributed by atoms with van der Waals surface area (Å²) in [5.74, 6) is 0.531. The summed E-state index contributed by atoms with van der Waals surface area (Å²) in [5.41, 5.74) is 1.30. The van der Waals surface area contributed by atoms with Gasteiger partial charge in [-0.1, -0.05) is 41.4 Å². The fourth-order valence-electron chi connectivity index (χ4n) is 1.67. The van der Waals surface area contributed by atoms with Crippen LogP contribution in [0.15, 0.2) is 48.5 Å². The molecule has 0 aromatic heterocycles. The van der Waals surface area contributed by atoms with E-state index < -0.39 is 0 Å². The Labute approximate surface area is 127 Å². The molecule has 0 N–H and O–H groups in total. The van der Waals surface area contributed by atoms with Crippen LogP contribution in [-0.4, -0.2) is 12.9 Å². The largest absolute Gasteiger partial charge is 0.497 e. The van der Waals surface area contributed by atoms with Crippen LogP contribution in [0.3, 0.4) is 0 Å². The topological polar surface area (TPSA) is 26.3 Å². The van der Waals surface area contributed by atoms with Crippen LogP contribution in [0.4, 0.5) is 0 Å². The Morgan fingerprint density at radius 2 is 1.95 bits per heavy atom. The maximum absolute atomic E-state index is 12.1. The van der Waals surface area contributed by atoms with Gasteiger partial charge in [0, 0.05) is 15.6 Å². The lowest BCUT2D eigenvalue weighted by atomic mass is 10.1. The van der Waals surface area contributed by atoms with Crippen molar-refractivity contribution in [3.8, 4) is 5.75 Å². The molecule has 0 heterocycles. The van der Waals surface area contributed by atoms with Crippen LogP contribution < -0.4 is 4.74 Å². The van der Waals surface area contributed by atoms with Crippen LogP contribution in [-0.2, 0) is 0 Å². The number of ketones is 1. The van der Waals surface area contributed by atoms with Gasteiger partial charge < -0.3 is 4.74 Å². The first kappa shape index (κ1) is 14.6. The van der Waals surface area contributed by atoms with E-state index in [-0.39, 0.29) is 5.78 Å². The van der Waals surface area contributed by atoms with Gasteiger partial charge in [-0.3, -0.25) is 4.79 Å². The first-order valence-corrected chi connectivity index (χ1v) is 6.67. The van der Waals surface area contributed by atoms with E-state index in [9.17, 15) is 4.79 Å². The van der Waals surface area contributed by atoms with Crippen LogP contribution in [0, 0.1) is 0 Å². The highest BCUT2D eigenvalue weighted by Gasteiger charge is 2.04. The van der Waals surface area contributed by atoms with Crippen molar-refractivity contribution >= 4 is 35.1 Å². The highest BCUT2D eigenvalue weighted by Crippen LogP contribution is 2.22. The average molecular weight is 307 g/mol. The van der Waals surface area contributed by atoms with Gasteiger partial charge in [-0.05, 0) is 42.0 Å². The minimum Gasteiger partial charge on any atom is -0.497 e. The van der Waals surface area contributed by atoms with E-state index in [1.54, 1.807) is 55.7 Å². The molecule has 102 valence electrons. The number of rotatable bonds is 4. The maximum atomic E-state index is 12.1. The fourth-order valence-corrected chi connectivity index (χ4v) is 2.15. The molecule has 2 nitrogen and oxygen atoms in total. The minimum atomic E-state index is -0.116. The third-order valence-corrected chi connectivity index (χ3v) is 3.29. The molecule has 0 atom stereocenters. The molecule has 4 heteroatoms. The predicted molar refractivity (Wildman–Crippen MR) is 82.8 cm³/mol. The quantitative estimate of drug-likeness (QED) is 0.593. The highest BCUT2D eigenvalue weighted by molar-refractivity contribution is 6.35. The molecule has 0 bridgehead atoms. The van der Waals surface area contributed by atoms with Gasteiger partial charge in [0.1, 0.15) is 5.75 Å². The van der Waals surface area contributed by atoms with Crippen molar-refractivity contribution in [3.63, 3.8) is 0 Å². The summed E-state index contributed by atoms with van der Waals surface area (Å²) in [5, 5.41) is 1.07. The number of hydrogen-bond donors (Lipinski definition) is 0. The van der Waals surface area contributed by atoms with Crippen molar-refractivity contribution in [3.05, 3.63) is 69.7 Å². The molecule has 0 aliphatic rings. The van der Waals surface area contributed by atoms with Crippen LogP contribution in [0.5, 0.6) is 5.75 Å². The second-order valence-corrected chi connectivity index (χ2v) is 4.94. The van der Waals surface area contributed by atoms with Crippen molar-refractivity contribution in [2.24, 2.45) is 0 Å². The van der Waals surface area contributed by atoms with E-state index in [1.165, 1.54) is 6.08 Å². The van der Waals surface area contributed by atoms with E-state index in [4.69, 9.17) is 27.9 Å². The molecular weight excluding hydrogens is 295 g/mol. The van der Waals surface area contributed by atoms with E-state index in [0.717, 1.165) is 5.56 Å². The Morgan fingerprint density at radius 3 is 2.65 bits per heavy atom. The predicted octanol–water partition coefficient (Wildman–Crippen LogP) is 4.90. The first-order valence-electron chi connectivity index (χ1n) is 5.91. The van der Waals surface area contributed by atoms with Crippen LogP contribution >= 0.6 is 23.2 Å². The van der Waals surface area contributed by atoms with E-state index in [0.29, 0.717) is 21.4 Å². The molecule has 20 heavy (non-hydrogen) atoms. The van der Waals surface area contributed by atoms with Crippen molar-refractivity contribution in [1.82, 2.24) is 0 Å². The zero-order valence-electron chi connectivity index (χ0n) is 10.8. The Balaban J connectivity index is 2.20. The van der Waals surface area contributed by atoms with E-state index in [2.05, 4.69) is 0 Å². The molecule has 0 radical (unpaired) electrons. The van der Waals surface area contributed by atoms with Crippen molar-refractivity contribution in [1.29, 1.82) is 0 Å². The maximum Gasteiger partial charge on any atom is 0.185 e. The highest BCUT2D eigenvalue weighted by atomic mass is 35.5. The van der Waals surface area contributed by atoms with Crippen LogP contribution in [0.25, 0.3) is 6.08 Å². The van der Waals surface area contributed by atoms with Crippen molar-refractivity contribution in [2.45, 2.75) is 0 Å². The number of methoxy groups -OCH3 is 1.